The largest absolute Gasteiger partial charge is 0.393 e. The highest BCUT2D eigenvalue weighted by Crippen LogP contribution is 2.15. The first-order valence-corrected chi connectivity index (χ1v) is 6.39. The van der Waals surface area contributed by atoms with E-state index in [2.05, 4.69) is 15.6 Å². The molecule has 0 saturated heterocycles. The van der Waals surface area contributed by atoms with Crippen molar-refractivity contribution >= 4 is 23.1 Å². The molecule has 2 aromatic rings. The molecule has 0 bridgehead atoms. The Bertz CT molecular complexity index is 553. The predicted octanol–water partition coefficient (Wildman–Crippen LogP) is 2.53. The Balaban J connectivity index is 1.94. The van der Waals surface area contributed by atoms with Crippen LogP contribution in [0.25, 0.3) is 0 Å². The Morgan fingerprint density at radius 1 is 1.20 bits per heavy atom. The SMILES string of the molecule is CC(O)CC(=O)Nc1ccc(Nc2ccccc2)nc1. The number of anilines is 3. The smallest absolute Gasteiger partial charge is 0.227 e. The molecule has 2 rings (SSSR count). The Labute approximate surface area is 117 Å². The maximum absolute atomic E-state index is 11.5. The first kappa shape index (κ1) is 14.0. The lowest BCUT2D eigenvalue weighted by atomic mass is 10.2. The summed E-state index contributed by atoms with van der Waals surface area (Å²) < 4.78 is 0. The topological polar surface area (TPSA) is 74.2 Å². The van der Waals surface area contributed by atoms with Gasteiger partial charge in [0.05, 0.1) is 24.4 Å². The molecule has 1 amide bonds. The summed E-state index contributed by atoms with van der Waals surface area (Å²) in [4.78, 5) is 15.7. The average molecular weight is 271 g/mol. The molecule has 0 saturated carbocycles. The molecule has 0 fully saturated rings. The Kier molecular flexibility index (Phi) is 4.68. The maximum atomic E-state index is 11.5. The second-order valence-corrected chi connectivity index (χ2v) is 4.52. The second kappa shape index (κ2) is 6.68. The fourth-order valence-electron chi connectivity index (χ4n) is 1.69. The zero-order chi connectivity index (χ0) is 14.4. The van der Waals surface area contributed by atoms with Crippen LogP contribution in [0.1, 0.15) is 13.3 Å². The highest BCUT2D eigenvalue weighted by Gasteiger charge is 2.06. The molecule has 3 N–H and O–H groups in total. The van der Waals surface area contributed by atoms with Gasteiger partial charge < -0.3 is 15.7 Å². The molecule has 104 valence electrons. The summed E-state index contributed by atoms with van der Waals surface area (Å²) in [7, 11) is 0. The minimum Gasteiger partial charge on any atom is -0.393 e. The number of aliphatic hydroxyl groups is 1. The molecule has 1 unspecified atom stereocenters. The van der Waals surface area contributed by atoms with Crippen LogP contribution in [0.5, 0.6) is 0 Å². The second-order valence-electron chi connectivity index (χ2n) is 4.52. The van der Waals surface area contributed by atoms with Crippen LogP contribution in [-0.4, -0.2) is 22.1 Å². The summed E-state index contributed by atoms with van der Waals surface area (Å²) in [5.74, 6) is 0.468. The molecule has 1 heterocycles. The summed E-state index contributed by atoms with van der Waals surface area (Å²) in [6.45, 7) is 1.57. The van der Waals surface area contributed by atoms with Crippen molar-refractivity contribution in [2.75, 3.05) is 10.6 Å². The highest BCUT2D eigenvalue weighted by molar-refractivity contribution is 5.90. The summed E-state index contributed by atoms with van der Waals surface area (Å²) in [5.41, 5.74) is 1.56. The van der Waals surface area contributed by atoms with Crippen LogP contribution < -0.4 is 10.6 Å². The van der Waals surface area contributed by atoms with E-state index in [1.807, 2.05) is 30.3 Å². The third-order valence-corrected chi connectivity index (χ3v) is 2.57. The van der Waals surface area contributed by atoms with Crippen molar-refractivity contribution in [2.45, 2.75) is 19.4 Å². The van der Waals surface area contributed by atoms with E-state index in [4.69, 9.17) is 5.11 Å². The van der Waals surface area contributed by atoms with Crippen LogP contribution in [0, 0.1) is 0 Å². The molecule has 0 aliphatic carbocycles. The van der Waals surface area contributed by atoms with Crippen LogP contribution in [0.4, 0.5) is 17.2 Å². The van der Waals surface area contributed by atoms with Crippen molar-refractivity contribution in [2.24, 2.45) is 0 Å². The summed E-state index contributed by atoms with van der Waals surface area (Å²) in [6, 6.07) is 13.3. The number of para-hydroxylation sites is 1. The molecule has 5 nitrogen and oxygen atoms in total. The van der Waals surface area contributed by atoms with Gasteiger partial charge in [0, 0.05) is 5.69 Å². The van der Waals surface area contributed by atoms with E-state index < -0.39 is 6.10 Å². The van der Waals surface area contributed by atoms with E-state index in [-0.39, 0.29) is 12.3 Å². The van der Waals surface area contributed by atoms with Gasteiger partial charge in [-0.15, -0.1) is 0 Å². The van der Waals surface area contributed by atoms with Gasteiger partial charge in [-0.1, -0.05) is 18.2 Å². The van der Waals surface area contributed by atoms with Gasteiger partial charge in [0.2, 0.25) is 5.91 Å². The standard InChI is InChI=1S/C15H17N3O2/c1-11(19)9-15(20)18-13-7-8-14(16-10-13)17-12-5-3-2-4-6-12/h2-8,10-11,19H,9H2,1H3,(H,16,17)(H,18,20). The number of hydrogen-bond acceptors (Lipinski definition) is 4. The molecule has 5 heteroatoms. The number of aromatic nitrogens is 1. The van der Waals surface area contributed by atoms with Crippen molar-refractivity contribution < 1.29 is 9.90 Å². The van der Waals surface area contributed by atoms with Crippen molar-refractivity contribution in [1.82, 2.24) is 4.98 Å². The Morgan fingerprint density at radius 3 is 2.55 bits per heavy atom. The number of pyridine rings is 1. The normalized spacial score (nSPS) is 11.7. The van der Waals surface area contributed by atoms with Gasteiger partial charge in [-0.05, 0) is 31.2 Å². The van der Waals surface area contributed by atoms with E-state index in [0.29, 0.717) is 11.5 Å². The van der Waals surface area contributed by atoms with Crippen LogP contribution in [0.2, 0.25) is 0 Å². The molecule has 0 aliphatic rings. The lowest BCUT2D eigenvalue weighted by Crippen LogP contribution is -2.17. The Hall–Kier alpha value is -2.40. The molecular weight excluding hydrogens is 254 g/mol. The molecule has 0 radical (unpaired) electrons. The number of rotatable bonds is 5. The predicted molar refractivity (Wildman–Crippen MR) is 78.9 cm³/mol. The molecular formula is C15H17N3O2. The van der Waals surface area contributed by atoms with E-state index in [1.165, 1.54) is 0 Å². The zero-order valence-corrected chi connectivity index (χ0v) is 11.2. The molecule has 1 aromatic heterocycles. The van der Waals surface area contributed by atoms with Crippen molar-refractivity contribution in [1.29, 1.82) is 0 Å². The molecule has 0 spiro atoms. The zero-order valence-electron chi connectivity index (χ0n) is 11.2. The molecule has 1 atom stereocenters. The molecule has 1 aromatic carbocycles. The number of carbonyl (C=O) groups excluding carboxylic acids is 1. The van der Waals surface area contributed by atoms with Crippen LogP contribution >= 0.6 is 0 Å². The minimum absolute atomic E-state index is 0.0734. The first-order chi connectivity index (χ1) is 9.63. The van der Waals surface area contributed by atoms with Crippen molar-refractivity contribution in [3.8, 4) is 0 Å². The van der Waals surface area contributed by atoms with Crippen LogP contribution in [0.15, 0.2) is 48.7 Å². The third-order valence-electron chi connectivity index (χ3n) is 2.57. The van der Waals surface area contributed by atoms with Crippen LogP contribution in [-0.2, 0) is 4.79 Å². The number of aliphatic hydroxyl groups excluding tert-OH is 1. The fraction of sp³-hybridized carbons (Fsp3) is 0.200. The summed E-state index contributed by atoms with van der Waals surface area (Å²) >= 11 is 0. The lowest BCUT2D eigenvalue weighted by molar-refractivity contribution is -0.117. The summed E-state index contributed by atoms with van der Waals surface area (Å²) in [6.07, 6.45) is 0.997. The van der Waals surface area contributed by atoms with E-state index in [1.54, 1.807) is 25.3 Å². The van der Waals surface area contributed by atoms with Crippen LogP contribution in [0.3, 0.4) is 0 Å². The maximum Gasteiger partial charge on any atom is 0.227 e. The average Bonchev–Trinajstić information content (AvgIpc) is 2.41. The van der Waals surface area contributed by atoms with E-state index in [0.717, 1.165) is 5.69 Å². The van der Waals surface area contributed by atoms with Gasteiger partial charge in [-0.2, -0.15) is 0 Å². The molecule has 20 heavy (non-hydrogen) atoms. The van der Waals surface area contributed by atoms with Gasteiger partial charge in [0.15, 0.2) is 0 Å². The number of amides is 1. The van der Waals surface area contributed by atoms with Gasteiger partial charge in [-0.25, -0.2) is 4.98 Å². The number of hydrogen-bond donors (Lipinski definition) is 3. The third kappa shape index (κ3) is 4.37. The number of nitrogens with one attached hydrogen (secondary N) is 2. The van der Waals surface area contributed by atoms with Gasteiger partial charge in [0.1, 0.15) is 5.82 Å². The van der Waals surface area contributed by atoms with Gasteiger partial charge >= 0.3 is 0 Å². The fourth-order valence-corrected chi connectivity index (χ4v) is 1.69. The molecule has 0 aliphatic heterocycles. The van der Waals surface area contributed by atoms with Crippen molar-refractivity contribution in [3.63, 3.8) is 0 Å². The lowest BCUT2D eigenvalue weighted by Gasteiger charge is -2.08. The van der Waals surface area contributed by atoms with E-state index >= 15 is 0 Å². The highest BCUT2D eigenvalue weighted by atomic mass is 16.3. The minimum atomic E-state index is -0.651. The summed E-state index contributed by atoms with van der Waals surface area (Å²) in [5, 5.41) is 15.0. The van der Waals surface area contributed by atoms with Crippen molar-refractivity contribution in [3.05, 3.63) is 48.7 Å². The quantitative estimate of drug-likeness (QED) is 0.781. The number of nitrogens with zero attached hydrogens (tertiary/aromatic N) is 1. The van der Waals surface area contributed by atoms with E-state index in [9.17, 15) is 4.79 Å². The first-order valence-electron chi connectivity index (χ1n) is 6.39. The number of carbonyl (C=O) groups is 1. The van der Waals surface area contributed by atoms with Gasteiger partial charge in [-0.3, -0.25) is 4.79 Å². The van der Waals surface area contributed by atoms with Gasteiger partial charge in [0.25, 0.3) is 0 Å². The monoisotopic (exact) mass is 271 g/mol. The Morgan fingerprint density at radius 2 is 1.95 bits per heavy atom. The number of benzene rings is 1.